The van der Waals surface area contributed by atoms with Gasteiger partial charge >= 0.3 is 0 Å². The lowest BCUT2D eigenvalue weighted by Gasteiger charge is -2.18. The lowest BCUT2D eigenvalue weighted by atomic mass is 10.0. The van der Waals surface area contributed by atoms with Gasteiger partial charge in [0.15, 0.2) is 9.84 Å². The predicted molar refractivity (Wildman–Crippen MR) is 156 cm³/mol. The van der Waals surface area contributed by atoms with Crippen molar-refractivity contribution >= 4 is 9.84 Å². The summed E-state index contributed by atoms with van der Waals surface area (Å²) < 4.78 is 36.4. The van der Waals surface area contributed by atoms with Gasteiger partial charge in [0, 0.05) is 13.2 Å². The molecule has 5 nitrogen and oxygen atoms in total. The zero-order valence-corrected chi connectivity index (χ0v) is 24.5. The average molecular weight is 541 g/mol. The molecule has 0 saturated carbocycles. The molecule has 0 radical (unpaired) electrons. The third-order valence-corrected chi connectivity index (χ3v) is 8.62. The molecule has 1 aromatic carbocycles. The minimum Gasteiger partial charge on any atom is -0.396 e. The standard InChI is InChI=1S/C31H56O5S/c1-2-3-4-5-6-7-8-9-10-11-12-13-14-15-16-20-25-35-28-31(29-37(33,34)26-21-24-32)36-27-30-22-18-17-19-23-30/h17-19,22-23,31-32H,2-16,20-21,24-29H2,1H3. The number of hydrogen-bond donors (Lipinski definition) is 1. The molecule has 216 valence electrons. The first-order valence-electron chi connectivity index (χ1n) is 15.1. The third kappa shape index (κ3) is 21.7. The van der Waals surface area contributed by atoms with Gasteiger partial charge in [0.2, 0.25) is 0 Å². The molecule has 37 heavy (non-hydrogen) atoms. The lowest BCUT2D eigenvalue weighted by Crippen LogP contribution is -2.30. The van der Waals surface area contributed by atoms with Gasteiger partial charge in [-0.05, 0) is 18.4 Å². The van der Waals surface area contributed by atoms with E-state index in [1.165, 1.54) is 89.9 Å². The predicted octanol–water partition coefficient (Wildman–Crippen LogP) is 7.65. The summed E-state index contributed by atoms with van der Waals surface area (Å²) in [5.41, 5.74) is 1.01. The molecule has 0 amide bonds. The van der Waals surface area contributed by atoms with E-state index in [0.717, 1.165) is 18.4 Å². The molecule has 0 heterocycles. The molecule has 1 rings (SSSR count). The van der Waals surface area contributed by atoms with Crippen LogP contribution in [0.25, 0.3) is 0 Å². The molecule has 1 atom stereocenters. The zero-order valence-electron chi connectivity index (χ0n) is 23.7. The van der Waals surface area contributed by atoms with Gasteiger partial charge in [0.1, 0.15) is 0 Å². The Bertz CT molecular complexity index is 708. The van der Waals surface area contributed by atoms with Gasteiger partial charge in [-0.1, -0.05) is 134 Å². The number of ether oxygens (including phenoxy) is 2. The average Bonchev–Trinajstić information content (AvgIpc) is 2.90. The summed E-state index contributed by atoms with van der Waals surface area (Å²) in [6.45, 7) is 3.44. The van der Waals surface area contributed by atoms with E-state index in [1.54, 1.807) is 0 Å². The van der Waals surface area contributed by atoms with Crippen molar-refractivity contribution in [3.8, 4) is 0 Å². The Morgan fingerprint density at radius 3 is 1.76 bits per heavy atom. The van der Waals surface area contributed by atoms with Crippen LogP contribution in [-0.4, -0.2) is 51.0 Å². The second-order valence-corrected chi connectivity index (χ2v) is 12.7. The van der Waals surface area contributed by atoms with Crippen LogP contribution < -0.4 is 0 Å². The van der Waals surface area contributed by atoms with Crippen molar-refractivity contribution < 1.29 is 23.0 Å². The van der Waals surface area contributed by atoms with Crippen LogP contribution in [0.1, 0.15) is 122 Å². The second-order valence-electron chi connectivity index (χ2n) is 10.5. The number of rotatable bonds is 27. The van der Waals surface area contributed by atoms with E-state index < -0.39 is 15.9 Å². The summed E-state index contributed by atoms with van der Waals surface area (Å²) in [6, 6.07) is 9.77. The van der Waals surface area contributed by atoms with Crippen molar-refractivity contribution in [2.24, 2.45) is 0 Å². The van der Waals surface area contributed by atoms with E-state index in [2.05, 4.69) is 6.92 Å². The molecule has 0 aliphatic carbocycles. The maximum Gasteiger partial charge on any atom is 0.153 e. The number of sulfone groups is 1. The maximum atomic E-state index is 12.4. The van der Waals surface area contributed by atoms with Gasteiger partial charge in [-0.2, -0.15) is 0 Å². The summed E-state index contributed by atoms with van der Waals surface area (Å²) in [7, 11) is -3.29. The Kier molecular flexibility index (Phi) is 22.2. The summed E-state index contributed by atoms with van der Waals surface area (Å²) >= 11 is 0. The Labute approximate surface area is 228 Å². The molecule has 0 aromatic heterocycles. The Morgan fingerprint density at radius 1 is 0.730 bits per heavy atom. The molecule has 0 aliphatic rings. The van der Waals surface area contributed by atoms with Crippen molar-refractivity contribution in [3.05, 3.63) is 35.9 Å². The first-order chi connectivity index (χ1) is 18.1. The van der Waals surface area contributed by atoms with Crippen LogP contribution in [0.3, 0.4) is 0 Å². The Hall–Kier alpha value is -0.950. The molecule has 6 heteroatoms. The number of benzene rings is 1. The lowest BCUT2D eigenvalue weighted by molar-refractivity contribution is -0.0137. The SMILES string of the molecule is CCCCCCCCCCCCCCCCCCOCC(CS(=O)(=O)CCCO)OCc1ccccc1. The largest absolute Gasteiger partial charge is 0.396 e. The van der Waals surface area contributed by atoms with Crippen LogP contribution in [0.4, 0.5) is 0 Å². The van der Waals surface area contributed by atoms with Crippen LogP contribution >= 0.6 is 0 Å². The van der Waals surface area contributed by atoms with Gasteiger partial charge in [-0.3, -0.25) is 0 Å². The molecule has 0 bridgehead atoms. The van der Waals surface area contributed by atoms with E-state index in [4.69, 9.17) is 14.6 Å². The summed E-state index contributed by atoms with van der Waals surface area (Å²) in [4.78, 5) is 0. The third-order valence-electron chi connectivity index (χ3n) is 6.83. The number of hydrogen-bond acceptors (Lipinski definition) is 5. The van der Waals surface area contributed by atoms with Crippen LogP contribution in [0, 0.1) is 0 Å². The van der Waals surface area contributed by atoms with Crippen LogP contribution in [0.15, 0.2) is 30.3 Å². The van der Waals surface area contributed by atoms with Gasteiger partial charge in [0.05, 0.1) is 30.8 Å². The first kappa shape index (κ1) is 34.1. The van der Waals surface area contributed by atoms with Crippen molar-refractivity contribution in [2.75, 3.05) is 31.3 Å². The second kappa shape index (κ2) is 24.1. The highest BCUT2D eigenvalue weighted by atomic mass is 32.2. The molecule has 0 saturated heterocycles. The van der Waals surface area contributed by atoms with Crippen LogP contribution in [0.2, 0.25) is 0 Å². The molecule has 0 aliphatic heterocycles. The van der Waals surface area contributed by atoms with E-state index >= 15 is 0 Å². The quantitative estimate of drug-likeness (QED) is 0.116. The molecule has 1 unspecified atom stereocenters. The van der Waals surface area contributed by atoms with E-state index in [0.29, 0.717) is 13.2 Å². The fourth-order valence-electron chi connectivity index (χ4n) is 4.55. The van der Waals surface area contributed by atoms with E-state index in [1.807, 2.05) is 30.3 Å². The topological polar surface area (TPSA) is 72.8 Å². The number of aliphatic hydroxyl groups is 1. The van der Waals surface area contributed by atoms with Crippen LogP contribution in [0.5, 0.6) is 0 Å². The summed E-state index contributed by atoms with van der Waals surface area (Å²) in [6.07, 6.45) is 21.2. The monoisotopic (exact) mass is 540 g/mol. The van der Waals surface area contributed by atoms with E-state index in [9.17, 15) is 8.42 Å². The normalized spacial score (nSPS) is 12.7. The summed E-state index contributed by atoms with van der Waals surface area (Å²) in [5, 5.41) is 8.97. The highest BCUT2D eigenvalue weighted by Crippen LogP contribution is 2.14. The molecular weight excluding hydrogens is 484 g/mol. The zero-order chi connectivity index (χ0) is 26.9. The van der Waals surface area contributed by atoms with Gasteiger partial charge in [0.25, 0.3) is 0 Å². The molecule has 0 spiro atoms. The van der Waals surface area contributed by atoms with Crippen molar-refractivity contribution in [1.29, 1.82) is 0 Å². The first-order valence-corrected chi connectivity index (χ1v) is 16.9. The molecular formula is C31H56O5S. The van der Waals surface area contributed by atoms with Crippen molar-refractivity contribution in [1.82, 2.24) is 0 Å². The molecule has 0 fully saturated rings. The minimum atomic E-state index is -3.29. The Morgan fingerprint density at radius 2 is 1.24 bits per heavy atom. The highest BCUT2D eigenvalue weighted by molar-refractivity contribution is 7.91. The number of unbranched alkanes of at least 4 members (excludes halogenated alkanes) is 15. The molecule has 1 aromatic rings. The van der Waals surface area contributed by atoms with E-state index in [-0.39, 0.29) is 31.1 Å². The maximum absolute atomic E-state index is 12.4. The minimum absolute atomic E-state index is 0.0200. The fourth-order valence-corrected chi connectivity index (χ4v) is 6.05. The van der Waals surface area contributed by atoms with Crippen molar-refractivity contribution in [2.45, 2.75) is 129 Å². The van der Waals surface area contributed by atoms with Crippen LogP contribution in [-0.2, 0) is 25.9 Å². The molecule has 1 N–H and O–H groups in total. The van der Waals surface area contributed by atoms with Gasteiger partial charge in [-0.15, -0.1) is 0 Å². The Balaban J connectivity index is 2.05. The van der Waals surface area contributed by atoms with Gasteiger partial charge < -0.3 is 14.6 Å². The number of aliphatic hydroxyl groups excluding tert-OH is 1. The van der Waals surface area contributed by atoms with Crippen molar-refractivity contribution in [3.63, 3.8) is 0 Å². The fraction of sp³-hybridized carbons (Fsp3) is 0.806. The van der Waals surface area contributed by atoms with Gasteiger partial charge in [-0.25, -0.2) is 8.42 Å². The summed E-state index contributed by atoms with van der Waals surface area (Å²) in [5.74, 6) is -0.0907. The highest BCUT2D eigenvalue weighted by Gasteiger charge is 2.20. The smallest absolute Gasteiger partial charge is 0.153 e.